The average Bonchev–Trinajstić information content (AvgIpc) is 2.59. The van der Waals surface area contributed by atoms with Crippen molar-refractivity contribution in [2.45, 2.75) is 44.6 Å². The smallest absolute Gasteiger partial charge is 0.122 e. The second-order valence-corrected chi connectivity index (χ2v) is 6.16. The third kappa shape index (κ3) is 6.50. The van der Waals surface area contributed by atoms with E-state index >= 15 is 0 Å². The number of fused-ring (bicyclic) bond motifs is 1. The molecule has 0 aliphatic carbocycles. The van der Waals surface area contributed by atoms with E-state index in [1.54, 1.807) is 0 Å². The van der Waals surface area contributed by atoms with E-state index in [2.05, 4.69) is 33.8 Å². The highest BCUT2D eigenvalue weighted by atomic mass is 35.5. The third-order valence-corrected chi connectivity index (χ3v) is 4.36. The van der Waals surface area contributed by atoms with Crippen molar-refractivity contribution in [2.75, 3.05) is 26.2 Å². The number of rotatable bonds is 6. The number of para-hydroxylation sites is 1. The standard InChI is InChI=1S/C18H27N3O.2ClH/c1-2-7-17-15(6-1)9-10-16(22-17)14-19-11-5-13-21-18-8-3-4-12-20-18;;/h1-2,6-7,16,19H,3-5,8-14H2,(H,20,21);2*1H. The summed E-state index contributed by atoms with van der Waals surface area (Å²) in [6.45, 7) is 3.98. The Kier molecular flexibility index (Phi) is 10.2. The molecule has 2 heterocycles. The fourth-order valence-corrected chi connectivity index (χ4v) is 3.07. The van der Waals surface area contributed by atoms with E-state index in [9.17, 15) is 0 Å². The number of hydrogen-bond donors (Lipinski definition) is 2. The molecule has 0 aromatic heterocycles. The van der Waals surface area contributed by atoms with Crippen molar-refractivity contribution in [3.05, 3.63) is 29.8 Å². The minimum absolute atomic E-state index is 0. The Morgan fingerprint density at radius 1 is 1.08 bits per heavy atom. The van der Waals surface area contributed by atoms with E-state index in [0.717, 1.165) is 57.6 Å². The van der Waals surface area contributed by atoms with Gasteiger partial charge in [-0.25, -0.2) is 0 Å². The molecule has 0 radical (unpaired) electrons. The Morgan fingerprint density at radius 2 is 1.96 bits per heavy atom. The number of hydrogen-bond acceptors (Lipinski definition) is 4. The normalized spacial score (nSPS) is 19.0. The largest absolute Gasteiger partial charge is 0.489 e. The SMILES string of the molecule is Cl.Cl.c1ccc2c(c1)CCC(CNCCCNC1=NCCCC1)O2. The van der Waals surface area contributed by atoms with Gasteiger partial charge in [-0.2, -0.15) is 0 Å². The number of halogens is 2. The first-order valence-electron chi connectivity index (χ1n) is 8.64. The monoisotopic (exact) mass is 373 g/mol. The Labute approximate surface area is 157 Å². The van der Waals surface area contributed by atoms with Gasteiger partial charge in [-0.3, -0.25) is 4.99 Å². The quantitative estimate of drug-likeness (QED) is 0.751. The van der Waals surface area contributed by atoms with Crippen molar-refractivity contribution in [3.8, 4) is 5.75 Å². The minimum atomic E-state index is 0. The van der Waals surface area contributed by atoms with E-state index in [1.807, 2.05) is 6.07 Å². The van der Waals surface area contributed by atoms with Gasteiger partial charge in [-0.15, -0.1) is 24.8 Å². The second-order valence-electron chi connectivity index (χ2n) is 6.16. The lowest BCUT2D eigenvalue weighted by molar-refractivity contribution is 0.170. The van der Waals surface area contributed by atoms with Crippen LogP contribution in [0.4, 0.5) is 0 Å². The number of benzene rings is 1. The topological polar surface area (TPSA) is 45.7 Å². The molecule has 1 atom stereocenters. The summed E-state index contributed by atoms with van der Waals surface area (Å²) >= 11 is 0. The Morgan fingerprint density at radius 3 is 2.79 bits per heavy atom. The van der Waals surface area contributed by atoms with Crippen LogP contribution in [0.2, 0.25) is 0 Å². The van der Waals surface area contributed by atoms with Gasteiger partial charge in [-0.05, 0) is 50.3 Å². The summed E-state index contributed by atoms with van der Waals surface area (Å²) in [7, 11) is 0. The predicted molar refractivity (Wildman–Crippen MR) is 105 cm³/mol. The van der Waals surface area contributed by atoms with Crippen LogP contribution in [0.1, 0.15) is 37.7 Å². The molecule has 0 spiro atoms. The van der Waals surface area contributed by atoms with Crippen LogP contribution in [0.5, 0.6) is 5.75 Å². The van der Waals surface area contributed by atoms with Gasteiger partial charge in [0.05, 0.1) is 5.84 Å². The van der Waals surface area contributed by atoms with Crippen LogP contribution in [0.3, 0.4) is 0 Å². The van der Waals surface area contributed by atoms with Gasteiger partial charge in [-0.1, -0.05) is 18.2 Å². The lowest BCUT2D eigenvalue weighted by Gasteiger charge is -2.26. The maximum atomic E-state index is 6.04. The molecule has 1 aromatic rings. The third-order valence-electron chi connectivity index (χ3n) is 4.36. The van der Waals surface area contributed by atoms with Crippen LogP contribution in [-0.2, 0) is 6.42 Å². The molecule has 3 rings (SSSR count). The van der Waals surface area contributed by atoms with Crippen molar-refractivity contribution in [1.29, 1.82) is 0 Å². The van der Waals surface area contributed by atoms with Gasteiger partial charge in [0, 0.05) is 26.1 Å². The van der Waals surface area contributed by atoms with Crippen LogP contribution in [0.15, 0.2) is 29.3 Å². The summed E-state index contributed by atoms with van der Waals surface area (Å²) in [5.41, 5.74) is 1.34. The predicted octanol–water partition coefficient (Wildman–Crippen LogP) is 3.38. The van der Waals surface area contributed by atoms with E-state index in [4.69, 9.17) is 4.74 Å². The van der Waals surface area contributed by atoms with Crippen LogP contribution < -0.4 is 15.4 Å². The molecule has 24 heavy (non-hydrogen) atoms. The van der Waals surface area contributed by atoms with E-state index in [-0.39, 0.29) is 24.8 Å². The first kappa shape index (κ1) is 21.1. The second kappa shape index (κ2) is 11.6. The van der Waals surface area contributed by atoms with E-state index in [1.165, 1.54) is 24.2 Å². The fraction of sp³-hybridized carbons (Fsp3) is 0.611. The van der Waals surface area contributed by atoms with Gasteiger partial charge in [0.2, 0.25) is 0 Å². The maximum absolute atomic E-state index is 6.04. The van der Waals surface area contributed by atoms with Crippen LogP contribution in [0, 0.1) is 0 Å². The number of aliphatic imine (C=N–C) groups is 1. The highest BCUT2D eigenvalue weighted by molar-refractivity contribution is 5.85. The molecule has 4 nitrogen and oxygen atoms in total. The summed E-state index contributed by atoms with van der Waals surface area (Å²) in [4.78, 5) is 4.51. The molecule has 136 valence electrons. The fourth-order valence-electron chi connectivity index (χ4n) is 3.07. The van der Waals surface area contributed by atoms with Crippen LogP contribution >= 0.6 is 24.8 Å². The molecule has 0 saturated heterocycles. The first-order chi connectivity index (χ1) is 10.9. The highest BCUT2D eigenvalue weighted by Crippen LogP contribution is 2.26. The molecular weight excluding hydrogens is 345 g/mol. The average molecular weight is 374 g/mol. The van der Waals surface area contributed by atoms with Crippen molar-refractivity contribution < 1.29 is 4.74 Å². The Balaban J connectivity index is 0.00000144. The molecule has 2 aliphatic heterocycles. The molecule has 1 unspecified atom stereocenters. The van der Waals surface area contributed by atoms with Crippen LogP contribution in [0.25, 0.3) is 0 Å². The zero-order chi connectivity index (χ0) is 15.0. The number of aryl methyl sites for hydroxylation is 1. The van der Waals surface area contributed by atoms with Crippen LogP contribution in [-0.4, -0.2) is 38.1 Å². The van der Waals surface area contributed by atoms with E-state index in [0.29, 0.717) is 6.10 Å². The molecule has 0 amide bonds. The molecule has 6 heteroatoms. The summed E-state index contributed by atoms with van der Waals surface area (Å²) in [5, 5.41) is 6.97. The molecule has 0 saturated carbocycles. The van der Waals surface area contributed by atoms with Gasteiger partial charge >= 0.3 is 0 Å². The van der Waals surface area contributed by atoms with Gasteiger partial charge in [0.15, 0.2) is 0 Å². The molecule has 0 bridgehead atoms. The maximum Gasteiger partial charge on any atom is 0.122 e. The molecule has 2 N–H and O–H groups in total. The highest BCUT2D eigenvalue weighted by Gasteiger charge is 2.18. The zero-order valence-electron chi connectivity index (χ0n) is 14.1. The molecular formula is C18H29Cl2N3O. The van der Waals surface area contributed by atoms with Gasteiger partial charge in [0.1, 0.15) is 11.9 Å². The lowest BCUT2D eigenvalue weighted by atomic mass is 10.0. The summed E-state index contributed by atoms with van der Waals surface area (Å²) < 4.78 is 6.04. The molecule has 0 fully saturated rings. The zero-order valence-corrected chi connectivity index (χ0v) is 15.8. The summed E-state index contributed by atoms with van der Waals surface area (Å²) in [6, 6.07) is 8.38. The van der Waals surface area contributed by atoms with Crippen molar-refractivity contribution in [3.63, 3.8) is 0 Å². The molecule has 1 aromatic carbocycles. The van der Waals surface area contributed by atoms with Crippen molar-refractivity contribution in [2.24, 2.45) is 4.99 Å². The number of amidine groups is 1. The lowest BCUT2D eigenvalue weighted by Crippen LogP contribution is -2.35. The molecule has 2 aliphatic rings. The van der Waals surface area contributed by atoms with Crippen molar-refractivity contribution >= 4 is 30.6 Å². The Bertz CT molecular complexity index is 511. The van der Waals surface area contributed by atoms with Gasteiger partial charge < -0.3 is 15.4 Å². The minimum Gasteiger partial charge on any atom is -0.489 e. The first-order valence-corrected chi connectivity index (χ1v) is 8.64. The number of ether oxygens (including phenoxy) is 1. The van der Waals surface area contributed by atoms with Crippen molar-refractivity contribution in [1.82, 2.24) is 10.6 Å². The Hall–Kier alpha value is -0.970. The van der Waals surface area contributed by atoms with Gasteiger partial charge in [0.25, 0.3) is 0 Å². The number of nitrogens with one attached hydrogen (secondary N) is 2. The number of nitrogens with zero attached hydrogens (tertiary/aromatic N) is 1. The van der Waals surface area contributed by atoms with E-state index < -0.39 is 0 Å². The summed E-state index contributed by atoms with van der Waals surface area (Å²) in [5.74, 6) is 2.27. The summed E-state index contributed by atoms with van der Waals surface area (Å²) in [6.07, 6.45) is 7.33.